The van der Waals surface area contributed by atoms with E-state index in [9.17, 15) is 4.79 Å². The van der Waals surface area contributed by atoms with Gasteiger partial charge in [-0.25, -0.2) is 0 Å². The summed E-state index contributed by atoms with van der Waals surface area (Å²) < 4.78 is 0.685. The second-order valence-electron chi connectivity index (χ2n) is 3.99. The molecular formula is C11H13BrClNO3. The summed E-state index contributed by atoms with van der Waals surface area (Å²) in [6.07, 6.45) is 0. The SMILES string of the molecule is CC(CO)(CO)NC(=O)c1cc(Cl)cc(Br)c1. The highest BCUT2D eigenvalue weighted by Crippen LogP contribution is 2.20. The minimum Gasteiger partial charge on any atom is -0.394 e. The molecule has 0 unspecified atom stereocenters. The van der Waals surface area contributed by atoms with E-state index < -0.39 is 11.4 Å². The van der Waals surface area contributed by atoms with Crippen molar-refractivity contribution in [1.29, 1.82) is 0 Å². The van der Waals surface area contributed by atoms with Crippen molar-refractivity contribution in [2.24, 2.45) is 0 Å². The fourth-order valence-electron chi connectivity index (χ4n) is 1.16. The smallest absolute Gasteiger partial charge is 0.251 e. The van der Waals surface area contributed by atoms with Crippen LogP contribution < -0.4 is 5.32 Å². The van der Waals surface area contributed by atoms with Gasteiger partial charge in [-0.1, -0.05) is 27.5 Å². The molecule has 0 heterocycles. The molecule has 0 radical (unpaired) electrons. The summed E-state index contributed by atoms with van der Waals surface area (Å²) in [7, 11) is 0. The second kappa shape index (κ2) is 5.82. The third-order valence-electron chi connectivity index (χ3n) is 2.24. The first-order valence-corrected chi connectivity index (χ1v) is 6.07. The fraction of sp³-hybridized carbons (Fsp3) is 0.364. The quantitative estimate of drug-likeness (QED) is 0.788. The van der Waals surface area contributed by atoms with E-state index in [1.807, 2.05) is 0 Å². The van der Waals surface area contributed by atoms with Crippen LogP contribution in [0, 0.1) is 0 Å². The van der Waals surface area contributed by atoms with Crippen LogP contribution in [-0.4, -0.2) is 34.9 Å². The van der Waals surface area contributed by atoms with E-state index in [4.69, 9.17) is 21.8 Å². The Bertz CT molecular complexity index is 401. The van der Waals surface area contributed by atoms with Crippen molar-refractivity contribution in [1.82, 2.24) is 5.32 Å². The number of hydrogen-bond donors (Lipinski definition) is 3. The molecule has 0 saturated heterocycles. The second-order valence-corrected chi connectivity index (χ2v) is 5.34. The van der Waals surface area contributed by atoms with Crippen molar-refractivity contribution >= 4 is 33.4 Å². The summed E-state index contributed by atoms with van der Waals surface area (Å²) in [5.41, 5.74) is -0.691. The molecule has 0 aliphatic carbocycles. The largest absolute Gasteiger partial charge is 0.394 e. The molecule has 0 spiro atoms. The number of amides is 1. The third kappa shape index (κ3) is 3.96. The van der Waals surface area contributed by atoms with Crippen molar-refractivity contribution < 1.29 is 15.0 Å². The maximum absolute atomic E-state index is 11.9. The molecule has 0 atom stereocenters. The summed E-state index contributed by atoms with van der Waals surface area (Å²) >= 11 is 9.06. The van der Waals surface area contributed by atoms with Gasteiger partial charge in [0, 0.05) is 15.1 Å². The van der Waals surface area contributed by atoms with Crippen molar-refractivity contribution in [2.75, 3.05) is 13.2 Å². The van der Waals surface area contributed by atoms with Gasteiger partial charge >= 0.3 is 0 Å². The number of benzene rings is 1. The zero-order valence-corrected chi connectivity index (χ0v) is 11.5. The molecule has 3 N–H and O–H groups in total. The van der Waals surface area contributed by atoms with Gasteiger partial charge in [0.05, 0.1) is 18.8 Å². The van der Waals surface area contributed by atoms with Crippen LogP contribution in [0.15, 0.2) is 22.7 Å². The number of halogens is 2. The topological polar surface area (TPSA) is 69.6 Å². The Morgan fingerprint density at radius 3 is 2.47 bits per heavy atom. The van der Waals surface area contributed by atoms with Crippen molar-refractivity contribution in [3.05, 3.63) is 33.3 Å². The lowest BCUT2D eigenvalue weighted by Crippen LogP contribution is -2.51. The molecule has 94 valence electrons. The number of hydrogen-bond acceptors (Lipinski definition) is 3. The molecular weight excluding hydrogens is 309 g/mol. The number of aliphatic hydroxyl groups is 2. The first kappa shape index (κ1) is 14.4. The van der Waals surface area contributed by atoms with Crippen molar-refractivity contribution in [3.8, 4) is 0 Å². The molecule has 1 aromatic carbocycles. The van der Waals surface area contributed by atoms with Crippen LogP contribution in [-0.2, 0) is 0 Å². The van der Waals surface area contributed by atoms with Gasteiger partial charge < -0.3 is 15.5 Å². The molecule has 17 heavy (non-hydrogen) atoms. The summed E-state index contributed by atoms with van der Waals surface area (Å²) in [4.78, 5) is 11.9. The van der Waals surface area contributed by atoms with E-state index >= 15 is 0 Å². The fourth-order valence-corrected chi connectivity index (χ4v) is 2.02. The summed E-state index contributed by atoms with van der Waals surface area (Å²) in [5, 5.41) is 21.1. The highest BCUT2D eigenvalue weighted by molar-refractivity contribution is 9.10. The first-order valence-electron chi connectivity index (χ1n) is 4.90. The number of carbonyl (C=O) groups is 1. The maximum Gasteiger partial charge on any atom is 0.251 e. The number of carbonyl (C=O) groups excluding carboxylic acids is 1. The Morgan fingerprint density at radius 2 is 2.00 bits per heavy atom. The third-order valence-corrected chi connectivity index (χ3v) is 2.91. The van der Waals surface area contributed by atoms with Crippen LogP contribution in [0.4, 0.5) is 0 Å². The number of rotatable bonds is 4. The highest BCUT2D eigenvalue weighted by Gasteiger charge is 2.25. The van der Waals surface area contributed by atoms with Gasteiger partial charge in [0.1, 0.15) is 0 Å². The minimum atomic E-state index is -1.05. The van der Waals surface area contributed by atoms with Crippen LogP contribution in [0.5, 0.6) is 0 Å². The lowest BCUT2D eigenvalue weighted by Gasteiger charge is -2.26. The molecule has 6 heteroatoms. The van der Waals surface area contributed by atoms with Gasteiger partial charge in [-0.05, 0) is 25.1 Å². The Labute approximate surface area is 113 Å². The van der Waals surface area contributed by atoms with Crippen LogP contribution >= 0.6 is 27.5 Å². The van der Waals surface area contributed by atoms with E-state index in [1.54, 1.807) is 19.1 Å². The predicted octanol–water partition coefficient (Wildman–Crippen LogP) is 1.58. The average molecular weight is 323 g/mol. The van der Waals surface area contributed by atoms with Crippen LogP contribution in [0.1, 0.15) is 17.3 Å². The molecule has 0 aliphatic heterocycles. The van der Waals surface area contributed by atoms with Crippen LogP contribution in [0.25, 0.3) is 0 Å². The predicted molar refractivity (Wildman–Crippen MR) is 69.2 cm³/mol. The molecule has 0 aromatic heterocycles. The van der Waals surface area contributed by atoms with Gasteiger partial charge in [0.15, 0.2) is 0 Å². The first-order chi connectivity index (χ1) is 7.90. The molecule has 1 amide bonds. The van der Waals surface area contributed by atoms with Gasteiger partial charge in [0.25, 0.3) is 5.91 Å². The standard InChI is InChI=1S/C11H13BrClNO3/c1-11(5-15,6-16)14-10(17)7-2-8(12)4-9(13)3-7/h2-4,15-16H,5-6H2,1H3,(H,14,17). The van der Waals surface area contributed by atoms with Gasteiger partial charge in [-0.2, -0.15) is 0 Å². The van der Waals surface area contributed by atoms with Crippen molar-refractivity contribution in [3.63, 3.8) is 0 Å². The normalized spacial score (nSPS) is 11.4. The zero-order chi connectivity index (χ0) is 13.1. The number of aliphatic hydroxyl groups excluding tert-OH is 2. The van der Waals surface area contributed by atoms with Gasteiger partial charge in [-0.15, -0.1) is 0 Å². The van der Waals surface area contributed by atoms with E-state index in [0.29, 0.717) is 15.1 Å². The monoisotopic (exact) mass is 321 g/mol. The summed E-state index contributed by atoms with van der Waals surface area (Å²) in [6.45, 7) is 0.846. The molecule has 0 bridgehead atoms. The Kier molecular flexibility index (Phi) is 4.94. The zero-order valence-electron chi connectivity index (χ0n) is 9.20. The van der Waals surface area contributed by atoms with Crippen molar-refractivity contribution in [2.45, 2.75) is 12.5 Å². The van der Waals surface area contributed by atoms with E-state index in [0.717, 1.165) is 0 Å². The van der Waals surface area contributed by atoms with E-state index in [2.05, 4.69) is 21.2 Å². The minimum absolute atomic E-state index is 0.350. The molecule has 1 aromatic rings. The van der Waals surface area contributed by atoms with Gasteiger partial charge in [-0.3, -0.25) is 4.79 Å². The average Bonchev–Trinajstić information content (AvgIpc) is 2.27. The molecule has 0 aliphatic rings. The molecule has 0 saturated carbocycles. The summed E-state index contributed by atoms with van der Waals surface area (Å²) in [6, 6.07) is 4.78. The molecule has 4 nitrogen and oxygen atoms in total. The summed E-state index contributed by atoms with van der Waals surface area (Å²) in [5.74, 6) is -0.404. The lowest BCUT2D eigenvalue weighted by molar-refractivity contribution is 0.0724. The Hall–Kier alpha value is -0.620. The van der Waals surface area contributed by atoms with E-state index in [-0.39, 0.29) is 13.2 Å². The van der Waals surface area contributed by atoms with Crippen LogP contribution in [0.2, 0.25) is 5.02 Å². The molecule has 1 rings (SSSR count). The number of nitrogens with one attached hydrogen (secondary N) is 1. The Balaban J connectivity index is 2.90. The Morgan fingerprint density at radius 1 is 1.41 bits per heavy atom. The maximum atomic E-state index is 11.9. The van der Waals surface area contributed by atoms with E-state index in [1.165, 1.54) is 6.07 Å². The lowest BCUT2D eigenvalue weighted by atomic mass is 10.0. The molecule has 0 fully saturated rings. The van der Waals surface area contributed by atoms with Crippen LogP contribution in [0.3, 0.4) is 0 Å². The van der Waals surface area contributed by atoms with Gasteiger partial charge in [0.2, 0.25) is 0 Å². The highest BCUT2D eigenvalue weighted by atomic mass is 79.9.